The third-order valence-electron chi connectivity index (χ3n) is 2.93. The molecule has 0 radical (unpaired) electrons. The van der Waals surface area contributed by atoms with Gasteiger partial charge < -0.3 is 5.32 Å². The second-order valence-corrected chi connectivity index (χ2v) is 5.16. The minimum atomic E-state index is -0.294. The standard InChI is InChI=1S/C14H12FN3S/c1-8-3-4-9(11(15)7-8)13-17-12(16-2)10-5-6-19-14(10)18-13/h3-7H,1-2H3,(H,16,17,18). The van der Waals surface area contributed by atoms with Gasteiger partial charge in [-0.25, -0.2) is 14.4 Å². The summed E-state index contributed by atoms with van der Waals surface area (Å²) in [5.41, 5.74) is 1.31. The number of nitrogens with zero attached hydrogens (tertiary/aromatic N) is 2. The fraction of sp³-hybridized carbons (Fsp3) is 0.143. The first-order chi connectivity index (χ1) is 9.19. The lowest BCUT2D eigenvalue weighted by Crippen LogP contribution is -1.98. The van der Waals surface area contributed by atoms with Crippen molar-refractivity contribution >= 4 is 27.4 Å². The molecule has 1 N–H and O–H groups in total. The van der Waals surface area contributed by atoms with Gasteiger partial charge in [-0.1, -0.05) is 6.07 Å². The topological polar surface area (TPSA) is 37.8 Å². The number of anilines is 1. The average molecular weight is 273 g/mol. The first-order valence-corrected chi connectivity index (χ1v) is 6.76. The molecule has 0 aliphatic heterocycles. The quantitative estimate of drug-likeness (QED) is 0.770. The van der Waals surface area contributed by atoms with Crippen LogP contribution >= 0.6 is 11.3 Å². The van der Waals surface area contributed by atoms with E-state index in [4.69, 9.17) is 0 Å². The van der Waals surface area contributed by atoms with Crippen LogP contribution in [0.3, 0.4) is 0 Å². The number of aromatic nitrogens is 2. The van der Waals surface area contributed by atoms with Crippen LogP contribution in [0.4, 0.5) is 10.2 Å². The van der Waals surface area contributed by atoms with Crippen LogP contribution in [0.15, 0.2) is 29.6 Å². The zero-order chi connectivity index (χ0) is 13.4. The molecule has 3 rings (SSSR count). The normalized spacial score (nSPS) is 10.9. The predicted octanol–water partition coefficient (Wildman–Crippen LogP) is 3.85. The molecule has 0 saturated heterocycles. The number of hydrogen-bond donors (Lipinski definition) is 1. The van der Waals surface area contributed by atoms with E-state index in [1.807, 2.05) is 24.4 Å². The fourth-order valence-electron chi connectivity index (χ4n) is 1.97. The zero-order valence-electron chi connectivity index (χ0n) is 10.6. The van der Waals surface area contributed by atoms with Crippen LogP contribution < -0.4 is 5.32 Å². The van der Waals surface area contributed by atoms with Crippen LogP contribution in [0.25, 0.3) is 21.6 Å². The molecule has 0 spiro atoms. The van der Waals surface area contributed by atoms with Gasteiger partial charge >= 0.3 is 0 Å². The summed E-state index contributed by atoms with van der Waals surface area (Å²) >= 11 is 1.52. The molecule has 0 unspecified atom stereocenters. The predicted molar refractivity (Wildman–Crippen MR) is 77.1 cm³/mol. The Morgan fingerprint density at radius 2 is 2.05 bits per heavy atom. The van der Waals surface area contributed by atoms with E-state index in [1.165, 1.54) is 17.4 Å². The minimum absolute atomic E-state index is 0.294. The summed E-state index contributed by atoms with van der Waals surface area (Å²) in [6.45, 7) is 1.86. The van der Waals surface area contributed by atoms with E-state index in [0.717, 1.165) is 21.6 Å². The van der Waals surface area contributed by atoms with Crippen LogP contribution in [0, 0.1) is 12.7 Å². The SMILES string of the molecule is CNc1nc(-c2ccc(C)cc2F)nc2sccc12. The lowest BCUT2D eigenvalue weighted by Gasteiger charge is -2.06. The van der Waals surface area contributed by atoms with Gasteiger partial charge in [0.05, 0.1) is 10.9 Å². The Balaban J connectivity index is 2.24. The molecule has 5 heteroatoms. The summed E-state index contributed by atoms with van der Waals surface area (Å²) in [5, 5.41) is 5.95. The maximum absolute atomic E-state index is 14.0. The Kier molecular flexibility index (Phi) is 2.91. The third-order valence-corrected chi connectivity index (χ3v) is 3.73. The molecule has 0 aliphatic carbocycles. The van der Waals surface area contributed by atoms with Crippen molar-refractivity contribution in [2.24, 2.45) is 0 Å². The Morgan fingerprint density at radius 3 is 2.79 bits per heavy atom. The van der Waals surface area contributed by atoms with Gasteiger partial charge in [-0.15, -0.1) is 11.3 Å². The number of hydrogen-bond acceptors (Lipinski definition) is 4. The van der Waals surface area contributed by atoms with Gasteiger partial charge in [0.2, 0.25) is 0 Å². The molecule has 96 valence electrons. The molecule has 1 aromatic carbocycles. The monoisotopic (exact) mass is 273 g/mol. The second-order valence-electron chi connectivity index (χ2n) is 4.27. The number of rotatable bonds is 2. The van der Waals surface area contributed by atoms with Gasteiger partial charge in [0, 0.05) is 7.05 Å². The van der Waals surface area contributed by atoms with Gasteiger partial charge in [-0.2, -0.15) is 0 Å². The first-order valence-electron chi connectivity index (χ1n) is 5.88. The van der Waals surface area contributed by atoms with Crippen molar-refractivity contribution in [3.8, 4) is 11.4 Å². The van der Waals surface area contributed by atoms with E-state index >= 15 is 0 Å². The third kappa shape index (κ3) is 2.06. The van der Waals surface area contributed by atoms with E-state index < -0.39 is 0 Å². The largest absolute Gasteiger partial charge is 0.372 e. The highest BCUT2D eigenvalue weighted by molar-refractivity contribution is 7.16. The maximum Gasteiger partial charge on any atom is 0.166 e. The van der Waals surface area contributed by atoms with Crippen molar-refractivity contribution < 1.29 is 4.39 Å². The first kappa shape index (κ1) is 12.0. The van der Waals surface area contributed by atoms with Gasteiger partial charge in [0.25, 0.3) is 0 Å². The fourth-order valence-corrected chi connectivity index (χ4v) is 2.73. The lowest BCUT2D eigenvalue weighted by molar-refractivity contribution is 0.629. The molecular formula is C14H12FN3S. The molecule has 3 nitrogen and oxygen atoms in total. The number of halogens is 1. The molecule has 19 heavy (non-hydrogen) atoms. The highest BCUT2D eigenvalue weighted by Crippen LogP contribution is 2.29. The summed E-state index contributed by atoms with van der Waals surface area (Å²) in [7, 11) is 1.80. The maximum atomic E-state index is 14.0. The average Bonchev–Trinajstić information content (AvgIpc) is 2.85. The van der Waals surface area contributed by atoms with Crippen LogP contribution in [0.5, 0.6) is 0 Å². The highest BCUT2D eigenvalue weighted by atomic mass is 32.1. The van der Waals surface area contributed by atoms with Gasteiger partial charge in [0.1, 0.15) is 16.5 Å². The van der Waals surface area contributed by atoms with E-state index in [2.05, 4.69) is 15.3 Å². The number of benzene rings is 1. The zero-order valence-corrected chi connectivity index (χ0v) is 11.4. The molecule has 0 aliphatic rings. The van der Waals surface area contributed by atoms with E-state index in [1.54, 1.807) is 13.1 Å². The van der Waals surface area contributed by atoms with Crippen LogP contribution in [0.1, 0.15) is 5.56 Å². The molecule has 2 aromatic heterocycles. The Morgan fingerprint density at radius 1 is 1.21 bits per heavy atom. The molecular weight excluding hydrogens is 261 g/mol. The smallest absolute Gasteiger partial charge is 0.166 e. The van der Waals surface area contributed by atoms with E-state index in [9.17, 15) is 4.39 Å². The molecule has 0 fully saturated rings. The van der Waals surface area contributed by atoms with Crippen molar-refractivity contribution in [2.75, 3.05) is 12.4 Å². The Labute approximate surface area is 114 Å². The molecule has 3 aromatic rings. The van der Waals surface area contributed by atoms with Crippen molar-refractivity contribution in [3.05, 3.63) is 41.0 Å². The summed E-state index contributed by atoms with van der Waals surface area (Å²) in [4.78, 5) is 9.68. The Bertz CT molecular complexity index is 752. The van der Waals surface area contributed by atoms with Gasteiger partial charge in [0.15, 0.2) is 5.82 Å². The van der Waals surface area contributed by atoms with Crippen molar-refractivity contribution in [1.82, 2.24) is 9.97 Å². The summed E-state index contributed by atoms with van der Waals surface area (Å²) in [6, 6.07) is 7.04. The number of fused-ring (bicyclic) bond motifs is 1. The molecule has 0 amide bonds. The van der Waals surface area contributed by atoms with Crippen LogP contribution in [-0.2, 0) is 0 Å². The van der Waals surface area contributed by atoms with Crippen LogP contribution in [-0.4, -0.2) is 17.0 Å². The lowest BCUT2D eigenvalue weighted by atomic mass is 10.1. The number of aryl methyl sites for hydroxylation is 1. The molecule has 2 heterocycles. The molecule has 0 bridgehead atoms. The van der Waals surface area contributed by atoms with E-state index in [-0.39, 0.29) is 5.82 Å². The van der Waals surface area contributed by atoms with Crippen molar-refractivity contribution in [2.45, 2.75) is 6.92 Å². The summed E-state index contributed by atoms with van der Waals surface area (Å²) in [6.07, 6.45) is 0. The number of thiophene rings is 1. The van der Waals surface area contributed by atoms with Gasteiger partial charge in [-0.05, 0) is 36.1 Å². The molecule has 0 atom stereocenters. The summed E-state index contributed by atoms with van der Waals surface area (Å²) < 4.78 is 14.0. The number of nitrogens with one attached hydrogen (secondary N) is 1. The van der Waals surface area contributed by atoms with Gasteiger partial charge in [-0.3, -0.25) is 0 Å². The summed E-state index contributed by atoms with van der Waals surface area (Å²) in [5.74, 6) is 0.844. The van der Waals surface area contributed by atoms with Crippen LogP contribution in [0.2, 0.25) is 0 Å². The minimum Gasteiger partial charge on any atom is -0.372 e. The van der Waals surface area contributed by atoms with Crippen molar-refractivity contribution in [3.63, 3.8) is 0 Å². The highest BCUT2D eigenvalue weighted by Gasteiger charge is 2.12. The Hall–Kier alpha value is -2.01. The van der Waals surface area contributed by atoms with Crippen molar-refractivity contribution in [1.29, 1.82) is 0 Å². The van der Waals surface area contributed by atoms with E-state index in [0.29, 0.717) is 11.4 Å². The molecule has 0 saturated carbocycles. The second kappa shape index (κ2) is 4.59.